The summed E-state index contributed by atoms with van der Waals surface area (Å²) in [5, 5.41) is 23.1. The van der Waals surface area contributed by atoms with Crippen LogP contribution in [0.1, 0.15) is 0 Å². The second-order valence-electron chi connectivity index (χ2n) is 6.24. The van der Waals surface area contributed by atoms with E-state index in [1.54, 1.807) is 6.07 Å². The van der Waals surface area contributed by atoms with Gasteiger partial charge in [-0.2, -0.15) is 5.10 Å². The molecule has 0 fully saturated rings. The molecule has 0 saturated carbocycles. The van der Waals surface area contributed by atoms with Gasteiger partial charge in [-0.3, -0.25) is 0 Å². The zero-order valence-corrected chi connectivity index (χ0v) is 13.5. The minimum absolute atomic E-state index is 0.0401. The molecule has 5 nitrogen and oxygen atoms in total. The third-order valence-corrected chi connectivity index (χ3v) is 4.91. The molecule has 0 atom stereocenters. The Balaban J connectivity index is 2.20. The Bertz CT molecular complexity index is 628. The Morgan fingerprint density at radius 3 is 2.67 bits per heavy atom. The molecule has 114 valence electrons. The van der Waals surface area contributed by atoms with Crippen LogP contribution in [-0.4, -0.2) is 41.6 Å². The Labute approximate surface area is 124 Å². The van der Waals surface area contributed by atoms with Gasteiger partial charge in [0.1, 0.15) is 23.7 Å². The van der Waals surface area contributed by atoms with E-state index >= 15 is 0 Å². The zero-order valence-electron chi connectivity index (χ0n) is 12.5. The van der Waals surface area contributed by atoms with E-state index in [0.717, 1.165) is 6.04 Å². The maximum absolute atomic E-state index is 13.9. The van der Waals surface area contributed by atoms with Crippen LogP contribution in [0, 0.1) is 5.82 Å². The number of aromatic nitrogens is 2. The monoisotopic (exact) mass is 310 g/mol. The van der Waals surface area contributed by atoms with E-state index in [1.165, 1.54) is 16.8 Å². The molecule has 0 saturated heterocycles. The topological polar surface area (TPSA) is 67.5 Å². The lowest BCUT2D eigenvalue weighted by Crippen LogP contribution is -2.32. The number of para-hydroxylation sites is 1. The molecule has 0 spiro atoms. The first-order valence-corrected chi connectivity index (χ1v) is 10.6. The lowest BCUT2D eigenvalue weighted by Gasteiger charge is -2.15. The number of benzene rings is 1. The van der Waals surface area contributed by atoms with Crippen molar-refractivity contribution >= 4 is 31.7 Å². The number of fused-ring (bicyclic) bond motifs is 1. The first-order valence-electron chi connectivity index (χ1n) is 6.88. The van der Waals surface area contributed by atoms with Crippen molar-refractivity contribution < 1.29 is 19.2 Å². The Hall–Kier alpha value is -1.22. The van der Waals surface area contributed by atoms with Crippen LogP contribution >= 0.6 is 0 Å². The molecule has 0 unspecified atom stereocenters. The Morgan fingerprint density at radius 1 is 1.33 bits per heavy atom. The van der Waals surface area contributed by atoms with Crippen LogP contribution in [0.3, 0.4) is 0 Å². The molecule has 0 bridgehead atoms. The van der Waals surface area contributed by atoms with Crippen molar-refractivity contribution in [2.24, 2.45) is 0 Å². The number of rotatable bonds is 6. The molecular formula is C13H20BFN2O3Si. The molecular weight excluding hydrogens is 290 g/mol. The summed E-state index contributed by atoms with van der Waals surface area (Å²) in [6.07, 6.45) is 0. The predicted molar refractivity (Wildman–Crippen MR) is 83.6 cm³/mol. The maximum Gasteiger partial charge on any atom is 0.510 e. The van der Waals surface area contributed by atoms with Gasteiger partial charge >= 0.3 is 7.12 Å². The van der Waals surface area contributed by atoms with Crippen molar-refractivity contribution in [3.05, 3.63) is 24.0 Å². The van der Waals surface area contributed by atoms with Crippen molar-refractivity contribution in [1.29, 1.82) is 0 Å². The van der Waals surface area contributed by atoms with E-state index in [0.29, 0.717) is 12.0 Å². The molecule has 8 heteroatoms. The van der Waals surface area contributed by atoms with E-state index < -0.39 is 21.0 Å². The summed E-state index contributed by atoms with van der Waals surface area (Å²) in [6, 6.07) is 5.45. The fraction of sp³-hybridized carbons (Fsp3) is 0.462. The smallest absolute Gasteiger partial charge is 0.422 e. The molecule has 0 aliphatic rings. The van der Waals surface area contributed by atoms with Gasteiger partial charge in [0.25, 0.3) is 0 Å². The summed E-state index contributed by atoms with van der Waals surface area (Å²) in [5.41, 5.74) is 0.270. The van der Waals surface area contributed by atoms with Crippen LogP contribution in [0.4, 0.5) is 4.39 Å². The molecule has 1 aromatic carbocycles. The molecule has 2 rings (SSSR count). The molecule has 0 aliphatic heterocycles. The van der Waals surface area contributed by atoms with Gasteiger partial charge in [0.15, 0.2) is 0 Å². The second-order valence-corrected chi connectivity index (χ2v) is 11.9. The normalized spacial score (nSPS) is 12.1. The van der Waals surface area contributed by atoms with Crippen molar-refractivity contribution in [2.75, 3.05) is 6.61 Å². The van der Waals surface area contributed by atoms with Crippen LogP contribution in [0.2, 0.25) is 25.7 Å². The summed E-state index contributed by atoms with van der Waals surface area (Å²) >= 11 is 0. The maximum atomic E-state index is 13.9. The van der Waals surface area contributed by atoms with Gasteiger partial charge in [-0.1, -0.05) is 31.8 Å². The Morgan fingerprint density at radius 2 is 2.05 bits per heavy atom. The molecule has 0 amide bonds. The fourth-order valence-corrected chi connectivity index (χ4v) is 2.79. The van der Waals surface area contributed by atoms with Crippen LogP contribution in [-0.2, 0) is 11.5 Å². The minimum atomic E-state index is -1.74. The molecule has 0 radical (unpaired) electrons. The van der Waals surface area contributed by atoms with E-state index in [1.807, 2.05) is 0 Å². The summed E-state index contributed by atoms with van der Waals surface area (Å²) in [5.74, 6) is -0.458. The number of ether oxygens (including phenoxy) is 1. The summed E-state index contributed by atoms with van der Waals surface area (Å²) in [4.78, 5) is 0. The largest absolute Gasteiger partial charge is 0.510 e. The highest BCUT2D eigenvalue weighted by Gasteiger charge is 2.23. The predicted octanol–water partition coefficient (Wildman–Crippen LogP) is 1.17. The molecule has 1 heterocycles. The standard InChI is InChI=1S/C13H20BFN2O3Si/c1-21(2,3)8-7-20-9-17-12-10(5-4-6-11(12)15)13(16-17)14(18)19/h4-6,18-19H,7-9H2,1-3H3. The number of hydrogen-bond acceptors (Lipinski definition) is 4. The molecule has 0 aliphatic carbocycles. The number of hydrogen-bond donors (Lipinski definition) is 2. The van der Waals surface area contributed by atoms with Gasteiger partial charge in [0.05, 0.1) is 0 Å². The lowest BCUT2D eigenvalue weighted by molar-refractivity contribution is 0.0815. The first kappa shape index (κ1) is 16.2. The molecule has 21 heavy (non-hydrogen) atoms. The van der Waals surface area contributed by atoms with Crippen molar-refractivity contribution in [2.45, 2.75) is 32.4 Å². The third-order valence-electron chi connectivity index (χ3n) is 3.20. The molecule has 1 aromatic heterocycles. The van der Waals surface area contributed by atoms with E-state index in [-0.39, 0.29) is 17.8 Å². The van der Waals surface area contributed by atoms with E-state index in [4.69, 9.17) is 4.74 Å². The van der Waals surface area contributed by atoms with Crippen LogP contribution in [0.15, 0.2) is 18.2 Å². The van der Waals surface area contributed by atoms with Gasteiger partial charge in [0, 0.05) is 20.1 Å². The van der Waals surface area contributed by atoms with Gasteiger partial charge in [-0.15, -0.1) is 0 Å². The van der Waals surface area contributed by atoms with E-state index in [2.05, 4.69) is 24.7 Å². The first-order chi connectivity index (χ1) is 9.79. The van der Waals surface area contributed by atoms with Crippen molar-refractivity contribution in [1.82, 2.24) is 9.78 Å². The Kier molecular flexibility index (Phi) is 4.82. The van der Waals surface area contributed by atoms with Gasteiger partial charge in [-0.05, 0) is 12.1 Å². The van der Waals surface area contributed by atoms with Gasteiger partial charge in [-0.25, -0.2) is 9.07 Å². The average molecular weight is 310 g/mol. The number of nitrogens with zero attached hydrogens (tertiary/aromatic N) is 2. The average Bonchev–Trinajstić information content (AvgIpc) is 2.74. The van der Waals surface area contributed by atoms with Gasteiger partial charge < -0.3 is 14.8 Å². The highest BCUT2D eigenvalue weighted by atomic mass is 28.3. The number of halogens is 1. The van der Waals surface area contributed by atoms with Crippen LogP contribution in [0.25, 0.3) is 10.9 Å². The highest BCUT2D eigenvalue weighted by molar-refractivity contribution is 6.76. The molecule has 2 N–H and O–H groups in total. The summed E-state index contributed by atoms with van der Waals surface area (Å²) < 4.78 is 20.8. The van der Waals surface area contributed by atoms with Crippen LogP contribution < -0.4 is 5.59 Å². The van der Waals surface area contributed by atoms with Gasteiger partial charge in [0.2, 0.25) is 0 Å². The van der Waals surface area contributed by atoms with Crippen molar-refractivity contribution in [3.63, 3.8) is 0 Å². The van der Waals surface area contributed by atoms with Crippen molar-refractivity contribution in [3.8, 4) is 0 Å². The summed E-state index contributed by atoms with van der Waals surface area (Å²) in [6.45, 7) is 7.43. The molecule has 2 aromatic rings. The highest BCUT2D eigenvalue weighted by Crippen LogP contribution is 2.16. The van der Waals surface area contributed by atoms with E-state index in [9.17, 15) is 14.4 Å². The summed E-state index contributed by atoms with van der Waals surface area (Å²) in [7, 11) is -2.92. The minimum Gasteiger partial charge on any atom is -0.422 e. The third kappa shape index (κ3) is 3.91. The SMILES string of the molecule is C[Si](C)(C)CCOCn1nc(B(O)O)c2cccc(F)c21. The quantitative estimate of drug-likeness (QED) is 0.621. The zero-order chi connectivity index (χ0) is 15.6. The lowest BCUT2D eigenvalue weighted by atomic mass is 9.84. The second kappa shape index (κ2) is 6.27. The van der Waals surface area contributed by atoms with Crippen LogP contribution in [0.5, 0.6) is 0 Å². The fourth-order valence-electron chi connectivity index (χ4n) is 2.03.